The van der Waals surface area contributed by atoms with E-state index in [0.717, 1.165) is 41.0 Å². The maximum absolute atomic E-state index is 4.81. The number of imidazole rings is 1. The lowest BCUT2D eigenvalue weighted by Crippen LogP contribution is -2.39. The zero-order valence-electron chi connectivity index (χ0n) is 13.2. The number of pyridine rings is 1. The van der Waals surface area contributed by atoms with Crippen LogP contribution in [0.1, 0.15) is 5.82 Å². The van der Waals surface area contributed by atoms with Crippen molar-refractivity contribution in [2.75, 3.05) is 29.9 Å². The van der Waals surface area contributed by atoms with Gasteiger partial charge in [0.25, 0.3) is 0 Å². The van der Waals surface area contributed by atoms with E-state index in [4.69, 9.17) is 4.98 Å². The summed E-state index contributed by atoms with van der Waals surface area (Å²) in [7, 11) is 4.21. The van der Waals surface area contributed by atoms with Gasteiger partial charge in [-0.1, -0.05) is 15.9 Å². The van der Waals surface area contributed by atoms with Crippen LogP contribution in [0, 0.1) is 0 Å². The molecule has 5 nitrogen and oxygen atoms in total. The average Bonchev–Trinajstić information content (AvgIpc) is 2.86. The molecular formula is C17H18BrN5. The number of likely N-dealkylation sites (N-methyl/N-ethyl adjacent to an activating group) is 1. The minimum Gasteiger partial charge on any atom is -0.371 e. The molecule has 0 bridgehead atoms. The summed E-state index contributed by atoms with van der Waals surface area (Å²) < 4.78 is 3.25. The Balaban J connectivity index is 1.72. The highest BCUT2D eigenvalue weighted by Gasteiger charge is 2.22. The van der Waals surface area contributed by atoms with Crippen LogP contribution < -0.4 is 9.80 Å². The van der Waals surface area contributed by atoms with Gasteiger partial charge in [-0.2, -0.15) is 0 Å². The van der Waals surface area contributed by atoms with Crippen LogP contribution in [-0.2, 0) is 13.6 Å². The van der Waals surface area contributed by atoms with E-state index in [2.05, 4.69) is 67.6 Å². The Morgan fingerprint density at radius 3 is 2.87 bits per heavy atom. The van der Waals surface area contributed by atoms with Crippen molar-refractivity contribution in [3.63, 3.8) is 0 Å². The Morgan fingerprint density at radius 2 is 2.00 bits per heavy atom. The first kappa shape index (κ1) is 14.5. The van der Waals surface area contributed by atoms with Gasteiger partial charge in [0.1, 0.15) is 5.82 Å². The summed E-state index contributed by atoms with van der Waals surface area (Å²) in [6.45, 7) is 2.77. The fourth-order valence-corrected chi connectivity index (χ4v) is 3.50. The molecule has 0 radical (unpaired) electrons. The van der Waals surface area contributed by atoms with Crippen molar-refractivity contribution in [3.8, 4) is 0 Å². The minimum atomic E-state index is 0.787. The molecule has 118 valence electrons. The fraction of sp³-hybridized carbons (Fsp3) is 0.294. The molecule has 3 aromatic rings. The molecule has 0 spiro atoms. The van der Waals surface area contributed by atoms with E-state index >= 15 is 0 Å². The Hall–Kier alpha value is -2.08. The van der Waals surface area contributed by atoms with Crippen LogP contribution in [0.5, 0.6) is 0 Å². The van der Waals surface area contributed by atoms with E-state index in [9.17, 15) is 0 Å². The van der Waals surface area contributed by atoms with Gasteiger partial charge in [0.15, 0.2) is 0 Å². The van der Waals surface area contributed by atoms with E-state index in [1.807, 2.05) is 18.5 Å². The number of hydrogen-bond acceptors (Lipinski definition) is 4. The molecule has 0 saturated heterocycles. The monoisotopic (exact) mass is 371 g/mol. The number of benzene rings is 1. The van der Waals surface area contributed by atoms with E-state index in [-0.39, 0.29) is 0 Å². The number of fused-ring (bicyclic) bond motifs is 2. The summed E-state index contributed by atoms with van der Waals surface area (Å²) in [5.41, 5.74) is 4.59. The number of nitrogens with zero attached hydrogens (tertiary/aromatic N) is 5. The van der Waals surface area contributed by atoms with Gasteiger partial charge in [0, 0.05) is 37.9 Å². The van der Waals surface area contributed by atoms with Gasteiger partial charge in [-0.05, 0) is 24.3 Å². The fourth-order valence-electron chi connectivity index (χ4n) is 3.15. The summed E-state index contributed by atoms with van der Waals surface area (Å²) in [6, 6.07) is 8.29. The standard InChI is InChI=1S/C17H18BrN5/c1-21-7-8-23(16-10-19-6-5-14(16)21)11-17-20-13-4-3-12(18)9-15(13)22(17)2/h3-6,9-10H,7-8,11H2,1-2H3. The summed E-state index contributed by atoms with van der Waals surface area (Å²) in [5.74, 6) is 1.07. The molecule has 0 N–H and O–H groups in total. The van der Waals surface area contributed by atoms with Crippen molar-refractivity contribution in [2.45, 2.75) is 6.54 Å². The number of aromatic nitrogens is 3. The van der Waals surface area contributed by atoms with Gasteiger partial charge < -0.3 is 14.4 Å². The molecule has 1 aliphatic rings. The molecule has 23 heavy (non-hydrogen) atoms. The molecule has 0 amide bonds. The number of aryl methyl sites for hydroxylation is 1. The molecule has 1 aliphatic heterocycles. The van der Waals surface area contributed by atoms with Crippen molar-refractivity contribution < 1.29 is 0 Å². The molecule has 0 saturated carbocycles. The van der Waals surface area contributed by atoms with Crippen LogP contribution in [0.3, 0.4) is 0 Å². The van der Waals surface area contributed by atoms with Crippen LogP contribution in [0.4, 0.5) is 11.4 Å². The van der Waals surface area contributed by atoms with Crippen molar-refractivity contribution >= 4 is 38.3 Å². The number of rotatable bonds is 2. The van der Waals surface area contributed by atoms with Crippen molar-refractivity contribution in [3.05, 3.63) is 47.0 Å². The normalized spacial score (nSPS) is 14.4. The second-order valence-corrected chi connectivity index (χ2v) is 6.84. The van der Waals surface area contributed by atoms with Gasteiger partial charge in [0.2, 0.25) is 0 Å². The van der Waals surface area contributed by atoms with Gasteiger partial charge in [-0.25, -0.2) is 4.98 Å². The Kier molecular flexibility index (Phi) is 3.49. The number of hydrogen-bond donors (Lipinski definition) is 0. The van der Waals surface area contributed by atoms with E-state index < -0.39 is 0 Å². The smallest absolute Gasteiger partial charge is 0.129 e. The first-order valence-corrected chi connectivity index (χ1v) is 8.44. The molecule has 0 unspecified atom stereocenters. The molecule has 1 aromatic carbocycles. The number of anilines is 2. The van der Waals surface area contributed by atoms with Gasteiger partial charge >= 0.3 is 0 Å². The summed E-state index contributed by atoms with van der Waals surface area (Å²) in [6.07, 6.45) is 3.80. The second kappa shape index (κ2) is 5.53. The predicted octanol–water partition coefficient (Wildman–Crippen LogP) is 3.19. The van der Waals surface area contributed by atoms with Gasteiger partial charge in [0.05, 0.1) is 35.1 Å². The van der Waals surface area contributed by atoms with Crippen molar-refractivity contribution in [2.24, 2.45) is 7.05 Å². The quantitative estimate of drug-likeness (QED) is 0.693. The first-order valence-electron chi connectivity index (χ1n) is 7.64. The van der Waals surface area contributed by atoms with Gasteiger partial charge in [-0.3, -0.25) is 4.98 Å². The molecule has 0 fully saturated rings. The largest absolute Gasteiger partial charge is 0.371 e. The lowest BCUT2D eigenvalue weighted by molar-refractivity contribution is 0.690. The zero-order chi connectivity index (χ0) is 16.0. The Morgan fingerprint density at radius 1 is 1.13 bits per heavy atom. The topological polar surface area (TPSA) is 37.2 Å². The predicted molar refractivity (Wildman–Crippen MR) is 97.0 cm³/mol. The second-order valence-electron chi connectivity index (χ2n) is 5.93. The molecule has 0 atom stereocenters. The Bertz CT molecular complexity index is 873. The molecule has 3 heterocycles. The minimum absolute atomic E-state index is 0.787. The Labute approximate surface area is 143 Å². The maximum Gasteiger partial charge on any atom is 0.129 e. The highest BCUT2D eigenvalue weighted by atomic mass is 79.9. The highest BCUT2D eigenvalue weighted by Crippen LogP contribution is 2.32. The lowest BCUT2D eigenvalue weighted by atomic mass is 10.2. The summed E-state index contributed by atoms with van der Waals surface area (Å²) in [5, 5.41) is 0. The zero-order valence-corrected chi connectivity index (χ0v) is 14.8. The molecular weight excluding hydrogens is 354 g/mol. The van der Waals surface area contributed by atoms with Crippen LogP contribution in [0.15, 0.2) is 41.1 Å². The van der Waals surface area contributed by atoms with E-state index in [1.54, 1.807) is 0 Å². The number of halogens is 1. The van der Waals surface area contributed by atoms with Crippen LogP contribution >= 0.6 is 15.9 Å². The third-order valence-electron chi connectivity index (χ3n) is 4.50. The summed E-state index contributed by atoms with van der Waals surface area (Å²) in [4.78, 5) is 13.7. The highest BCUT2D eigenvalue weighted by molar-refractivity contribution is 9.10. The molecule has 0 aliphatic carbocycles. The maximum atomic E-state index is 4.81. The molecule has 4 rings (SSSR count). The third-order valence-corrected chi connectivity index (χ3v) is 5.00. The van der Waals surface area contributed by atoms with Crippen LogP contribution in [0.25, 0.3) is 11.0 Å². The van der Waals surface area contributed by atoms with Crippen LogP contribution in [0.2, 0.25) is 0 Å². The van der Waals surface area contributed by atoms with E-state index in [0.29, 0.717) is 0 Å². The molecule has 2 aromatic heterocycles. The lowest BCUT2D eigenvalue weighted by Gasteiger charge is -2.36. The SMILES string of the molecule is CN1CCN(Cc2nc3ccc(Br)cc3n2C)c2cnccc21. The van der Waals surface area contributed by atoms with Crippen molar-refractivity contribution in [1.29, 1.82) is 0 Å². The van der Waals surface area contributed by atoms with Gasteiger partial charge in [-0.15, -0.1) is 0 Å². The van der Waals surface area contributed by atoms with Crippen molar-refractivity contribution in [1.82, 2.24) is 14.5 Å². The third kappa shape index (κ3) is 2.47. The molecule has 6 heteroatoms. The van der Waals surface area contributed by atoms with E-state index in [1.165, 1.54) is 11.4 Å². The summed E-state index contributed by atoms with van der Waals surface area (Å²) >= 11 is 3.54. The average molecular weight is 372 g/mol. The first-order chi connectivity index (χ1) is 11.1. The van der Waals surface area contributed by atoms with Crippen LogP contribution in [-0.4, -0.2) is 34.7 Å².